The van der Waals surface area contributed by atoms with E-state index in [0.29, 0.717) is 0 Å². The van der Waals surface area contributed by atoms with Gasteiger partial charge in [0, 0.05) is 0 Å². The van der Waals surface area contributed by atoms with Crippen LogP contribution in [0.1, 0.15) is 24.2 Å². The van der Waals surface area contributed by atoms with Crippen molar-refractivity contribution < 1.29 is 19.8 Å². The Hall–Kier alpha value is -2.08. The van der Waals surface area contributed by atoms with Crippen LogP contribution in [-0.4, -0.2) is 34.7 Å². The molecule has 98 valence electrons. The molecule has 0 fully saturated rings. The number of carbonyl (C=O) groups is 2. The fourth-order valence-corrected chi connectivity index (χ4v) is 1.16. The van der Waals surface area contributed by atoms with Crippen molar-refractivity contribution in [2.24, 2.45) is 0 Å². The second kappa shape index (κ2) is 5.05. The van der Waals surface area contributed by atoms with Crippen molar-refractivity contribution in [3.63, 3.8) is 0 Å². The van der Waals surface area contributed by atoms with E-state index in [1.54, 1.807) is 20.9 Å². The Morgan fingerprint density at radius 3 is 2.39 bits per heavy atom. The molecule has 0 bridgehead atoms. The Kier molecular flexibility index (Phi) is 3.93. The van der Waals surface area contributed by atoms with Gasteiger partial charge in [-0.25, -0.2) is 4.79 Å². The number of amides is 1. The van der Waals surface area contributed by atoms with Crippen LogP contribution in [0, 0.1) is 0 Å². The maximum atomic E-state index is 11.9. The van der Waals surface area contributed by atoms with E-state index in [9.17, 15) is 14.7 Å². The van der Waals surface area contributed by atoms with Gasteiger partial charge in [-0.2, -0.15) is 0 Å². The molecule has 0 spiro atoms. The quantitative estimate of drug-likeness (QED) is 0.600. The van der Waals surface area contributed by atoms with E-state index in [2.05, 4.69) is 10.6 Å². The third-order valence-electron chi connectivity index (χ3n) is 2.68. The molecule has 0 heterocycles. The average molecular weight is 252 g/mol. The molecular formula is C12H16N2O4. The summed E-state index contributed by atoms with van der Waals surface area (Å²) in [6.45, 7) is 3.33. The van der Waals surface area contributed by atoms with Gasteiger partial charge in [0.25, 0.3) is 0 Å². The molecule has 0 atom stereocenters. The third-order valence-corrected chi connectivity index (χ3v) is 2.68. The summed E-state index contributed by atoms with van der Waals surface area (Å²) in [6.07, 6.45) is 0. The number of carbonyl (C=O) groups excluding carboxylic acids is 1. The number of phenols is 1. The topological polar surface area (TPSA) is 98.7 Å². The molecule has 1 aromatic carbocycles. The van der Waals surface area contributed by atoms with Crippen LogP contribution in [0.3, 0.4) is 0 Å². The zero-order valence-electron chi connectivity index (χ0n) is 10.4. The van der Waals surface area contributed by atoms with E-state index < -0.39 is 11.5 Å². The second-order valence-corrected chi connectivity index (χ2v) is 4.37. The van der Waals surface area contributed by atoms with Gasteiger partial charge in [0.05, 0.1) is 16.8 Å². The lowest BCUT2D eigenvalue weighted by Gasteiger charge is -2.23. The molecule has 1 rings (SSSR count). The van der Waals surface area contributed by atoms with Crippen molar-refractivity contribution in [1.82, 2.24) is 5.32 Å². The predicted octanol–water partition coefficient (Wildman–Crippen LogP) is 1.03. The molecule has 1 amide bonds. The first-order valence-corrected chi connectivity index (χ1v) is 5.34. The first kappa shape index (κ1) is 14.0. The minimum absolute atomic E-state index is 0.00892. The monoisotopic (exact) mass is 252 g/mol. The molecule has 18 heavy (non-hydrogen) atoms. The second-order valence-electron chi connectivity index (χ2n) is 4.37. The van der Waals surface area contributed by atoms with Gasteiger partial charge in [-0.3, -0.25) is 4.79 Å². The lowest BCUT2D eigenvalue weighted by Crippen LogP contribution is -2.47. The molecule has 0 saturated carbocycles. The van der Waals surface area contributed by atoms with Gasteiger partial charge in [0.15, 0.2) is 0 Å². The fourth-order valence-electron chi connectivity index (χ4n) is 1.16. The molecule has 0 aliphatic carbocycles. The Balaban J connectivity index is 3.01. The standard InChI is InChI=1S/C12H16N2O4/c1-12(2,13-3)11(18)14-8-6-7(10(16)17)4-5-9(8)15/h4-6,13,15H,1-3H3,(H,14,18)(H,16,17). The number of aromatic carboxylic acids is 1. The number of anilines is 1. The van der Waals surface area contributed by atoms with Gasteiger partial charge >= 0.3 is 5.97 Å². The molecule has 0 aliphatic heterocycles. The number of benzene rings is 1. The summed E-state index contributed by atoms with van der Waals surface area (Å²) in [5.74, 6) is -1.68. The Morgan fingerprint density at radius 1 is 1.28 bits per heavy atom. The minimum atomic E-state index is -1.13. The van der Waals surface area contributed by atoms with Crippen LogP contribution in [0.25, 0.3) is 0 Å². The van der Waals surface area contributed by atoms with Crippen LogP contribution in [0.4, 0.5) is 5.69 Å². The molecule has 6 nitrogen and oxygen atoms in total. The van der Waals surface area contributed by atoms with Gasteiger partial charge in [-0.1, -0.05) is 0 Å². The minimum Gasteiger partial charge on any atom is -0.506 e. The zero-order valence-corrected chi connectivity index (χ0v) is 10.4. The summed E-state index contributed by atoms with van der Waals surface area (Å²) < 4.78 is 0. The lowest BCUT2D eigenvalue weighted by molar-refractivity contribution is -0.121. The SMILES string of the molecule is CNC(C)(C)C(=O)Nc1cc(C(=O)O)ccc1O. The number of nitrogens with one attached hydrogen (secondary N) is 2. The fraction of sp³-hybridized carbons (Fsp3) is 0.333. The summed E-state index contributed by atoms with van der Waals surface area (Å²) >= 11 is 0. The Bertz CT molecular complexity index is 483. The summed E-state index contributed by atoms with van der Waals surface area (Å²) in [7, 11) is 1.63. The molecule has 0 aliphatic rings. The molecular weight excluding hydrogens is 236 g/mol. The van der Waals surface area contributed by atoms with Gasteiger partial charge in [-0.05, 0) is 39.1 Å². The van der Waals surface area contributed by atoms with Crippen LogP contribution in [0.5, 0.6) is 5.75 Å². The molecule has 1 aromatic rings. The number of hydrogen-bond acceptors (Lipinski definition) is 4. The number of aromatic hydroxyl groups is 1. The van der Waals surface area contributed by atoms with E-state index >= 15 is 0 Å². The third kappa shape index (κ3) is 2.98. The van der Waals surface area contributed by atoms with E-state index in [-0.39, 0.29) is 22.9 Å². The highest BCUT2D eigenvalue weighted by molar-refractivity contribution is 5.99. The van der Waals surface area contributed by atoms with Crippen molar-refractivity contribution in [3.8, 4) is 5.75 Å². The molecule has 0 unspecified atom stereocenters. The molecule has 4 N–H and O–H groups in total. The van der Waals surface area contributed by atoms with Crippen molar-refractivity contribution in [2.75, 3.05) is 12.4 Å². The number of carboxylic acid groups (broad SMARTS) is 1. The highest BCUT2D eigenvalue weighted by atomic mass is 16.4. The summed E-state index contributed by atoms with van der Waals surface area (Å²) in [4.78, 5) is 22.7. The van der Waals surface area contributed by atoms with Gasteiger partial charge in [0.1, 0.15) is 5.75 Å². The molecule has 0 aromatic heterocycles. The zero-order chi connectivity index (χ0) is 13.9. The summed E-state index contributed by atoms with van der Waals surface area (Å²) in [6, 6.07) is 3.70. The highest BCUT2D eigenvalue weighted by Crippen LogP contribution is 2.25. The number of rotatable bonds is 4. The lowest BCUT2D eigenvalue weighted by atomic mass is 10.0. The predicted molar refractivity (Wildman–Crippen MR) is 66.8 cm³/mol. The van der Waals surface area contributed by atoms with Gasteiger partial charge in [-0.15, -0.1) is 0 Å². The van der Waals surface area contributed by atoms with Crippen LogP contribution in [0.2, 0.25) is 0 Å². The first-order valence-electron chi connectivity index (χ1n) is 5.34. The Labute approximate surface area is 105 Å². The first-order chi connectivity index (χ1) is 8.27. The van der Waals surface area contributed by atoms with Crippen LogP contribution in [0.15, 0.2) is 18.2 Å². The van der Waals surface area contributed by atoms with E-state index in [0.717, 1.165) is 0 Å². The van der Waals surface area contributed by atoms with Crippen molar-refractivity contribution in [2.45, 2.75) is 19.4 Å². The normalized spacial score (nSPS) is 11.1. The molecule has 0 radical (unpaired) electrons. The number of hydrogen-bond donors (Lipinski definition) is 4. The maximum absolute atomic E-state index is 11.9. The largest absolute Gasteiger partial charge is 0.506 e. The van der Waals surface area contributed by atoms with E-state index in [1.165, 1.54) is 18.2 Å². The summed E-state index contributed by atoms with van der Waals surface area (Å²) in [5, 5.41) is 23.7. The van der Waals surface area contributed by atoms with Gasteiger partial charge < -0.3 is 20.8 Å². The van der Waals surface area contributed by atoms with Crippen molar-refractivity contribution in [1.29, 1.82) is 0 Å². The van der Waals surface area contributed by atoms with E-state index in [1.807, 2.05) is 0 Å². The van der Waals surface area contributed by atoms with Crippen LogP contribution >= 0.6 is 0 Å². The van der Waals surface area contributed by atoms with Crippen LogP contribution in [-0.2, 0) is 4.79 Å². The Morgan fingerprint density at radius 2 is 1.89 bits per heavy atom. The average Bonchev–Trinajstić information content (AvgIpc) is 2.31. The molecule has 0 saturated heterocycles. The van der Waals surface area contributed by atoms with Crippen molar-refractivity contribution in [3.05, 3.63) is 23.8 Å². The number of carboxylic acids is 1. The number of likely N-dealkylation sites (N-methyl/N-ethyl adjacent to an activating group) is 1. The molecule has 6 heteroatoms. The van der Waals surface area contributed by atoms with Crippen molar-refractivity contribution >= 4 is 17.6 Å². The smallest absolute Gasteiger partial charge is 0.335 e. The van der Waals surface area contributed by atoms with Gasteiger partial charge in [0.2, 0.25) is 5.91 Å². The maximum Gasteiger partial charge on any atom is 0.335 e. The van der Waals surface area contributed by atoms with Crippen LogP contribution < -0.4 is 10.6 Å². The highest BCUT2D eigenvalue weighted by Gasteiger charge is 2.26. The summed E-state index contributed by atoms with van der Waals surface area (Å²) in [5.41, 5.74) is -0.764. The number of phenolic OH excluding ortho intramolecular Hbond substituents is 1. The van der Waals surface area contributed by atoms with E-state index in [4.69, 9.17) is 5.11 Å².